The van der Waals surface area contributed by atoms with E-state index in [0.717, 1.165) is 15.0 Å². The highest BCUT2D eigenvalue weighted by molar-refractivity contribution is 9.10. The van der Waals surface area contributed by atoms with E-state index in [9.17, 15) is 0 Å². The molecule has 0 aliphatic carbocycles. The van der Waals surface area contributed by atoms with Gasteiger partial charge in [0.2, 0.25) is 0 Å². The summed E-state index contributed by atoms with van der Waals surface area (Å²) >= 11 is 4.65. The van der Waals surface area contributed by atoms with Crippen molar-refractivity contribution in [1.29, 1.82) is 0 Å². The van der Waals surface area contributed by atoms with Gasteiger partial charge in [-0.3, -0.25) is 0 Å². The molecule has 84 valence electrons. The number of rotatable bonds is 2. The first-order valence-corrected chi connectivity index (χ1v) is 6.23. The molecule has 8 heteroatoms. The van der Waals surface area contributed by atoms with Crippen LogP contribution in [0.2, 0.25) is 0 Å². The van der Waals surface area contributed by atoms with Gasteiger partial charge < -0.3 is 4.98 Å². The predicted molar refractivity (Wildman–Crippen MR) is 65.5 cm³/mol. The van der Waals surface area contributed by atoms with Gasteiger partial charge in [-0.05, 0) is 27.7 Å². The highest BCUT2D eigenvalue weighted by atomic mass is 79.9. The molecule has 0 bridgehead atoms. The Labute approximate surface area is 108 Å². The third-order valence-electron chi connectivity index (χ3n) is 1.97. The summed E-state index contributed by atoms with van der Waals surface area (Å²) in [6.45, 7) is 0. The lowest BCUT2D eigenvalue weighted by Crippen LogP contribution is -1.89. The third kappa shape index (κ3) is 2.13. The van der Waals surface area contributed by atoms with Crippen LogP contribution >= 0.6 is 27.7 Å². The second-order valence-electron chi connectivity index (χ2n) is 3.07. The van der Waals surface area contributed by atoms with E-state index in [1.807, 2.05) is 0 Å². The normalized spacial score (nSPS) is 10.9. The molecule has 1 N–H and O–H groups in total. The number of imidazole rings is 1. The number of nitrogens with one attached hydrogen (secondary N) is 1. The van der Waals surface area contributed by atoms with Crippen molar-refractivity contribution in [2.45, 2.75) is 10.2 Å². The quantitative estimate of drug-likeness (QED) is 0.576. The molecule has 0 aromatic carbocycles. The lowest BCUT2D eigenvalue weighted by molar-refractivity contribution is 0.951. The molecule has 3 aromatic heterocycles. The van der Waals surface area contributed by atoms with Crippen LogP contribution in [-0.2, 0) is 0 Å². The Bertz CT molecular complexity index is 652. The molecule has 0 aliphatic rings. The van der Waals surface area contributed by atoms with E-state index in [1.54, 1.807) is 18.7 Å². The SMILES string of the molecule is Brc1cnc(Sc2ncnc3nc[nH]c23)nc1. The topological polar surface area (TPSA) is 80.2 Å². The molecule has 0 fully saturated rings. The smallest absolute Gasteiger partial charge is 0.194 e. The van der Waals surface area contributed by atoms with Crippen molar-refractivity contribution < 1.29 is 0 Å². The van der Waals surface area contributed by atoms with Crippen LogP contribution in [-0.4, -0.2) is 29.9 Å². The van der Waals surface area contributed by atoms with E-state index in [-0.39, 0.29) is 0 Å². The van der Waals surface area contributed by atoms with Crippen LogP contribution in [0.15, 0.2) is 39.7 Å². The molecule has 6 nitrogen and oxygen atoms in total. The van der Waals surface area contributed by atoms with Crippen molar-refractivity contribution in [2.75, 3.05) is 0 Å². The second-order valence-corrected chi connectivity index (χ2v) is 4.94. The molecular formula is C9H5BrN6S. The molecule has 3 aromatic rings. The average Bonchev–Trinajstić information content (AvgIpc) is 2.81. The zero-order chi connectivity index (χ0) is 11.7. The summed E-state index contributed by atoms with van der Waals surface area (Å²) < 4.78 is 0.844. The van der Waals surface area contributed by atoms with Crippen molar-refractivity contribution in [1.82, 2.24) is 29.9 Å². The summed E-state index contributed by atoms with van der Waals surface area (Å²) in [5, 5.41) is 1.39. The minimum Gasteiger partial charge on any atom is -0.341 e. The third-order valence-corrected chi connectivity index (χ3v) is 3.28. The Balaban J connectivity index is 1.99. The number of hydrogen-bond acceptors (Lipinski definition) is 6. The van der Waals surface area contributed by atoms with Crippen LogP contribution in [0.3, 0.4) is 0 Å². The fraction of sp³-hybridized carbons (Fsp3) is 0. The molecule has 0 radical (unpaired) electrons. The summed E-state index contributed by atoms with van der Waals surface area (Å²) in [5.41, 5.74) is 1.43. The highest BCUT2D eigenvalue weighted by Gasteiger charge is 2.08. The predicted octanol–water partition coefficient (Wildman–Crippen LogP) is 2.06. The monoisotopic (exact) mass is 308 g/mol. The molecule has 0 spiro atoms. The molecule has 0 atom stereocenters. The van der Waals surface area contributed by atoms with Crippen molar-refractivity contribution in [3.63, 3.8) is 0 Å². The molecule has 0 saturated carbocycles. The number of nitrogens with zero attached hydrogens (tertiary/aromatic N) is 5. The van der Waals surface area contributed by atoms with E-state index in [1.165, 1.54) is 18.1 Å². The lowest BCUT2D eigenvalue weighted by Gasteiger charge is -1.99. The van der Waals surface area contributed by atoms with Gasteiger partial charge in [-0.15, -0.1) is 0 Å². The lowest BCUT2D eigenvalue weighted by atomic mass is 10.6. The Morgan fingerprint density at radius 1 is 1.06 bits per heavy atom. The van der Waals surface area contributed by atoms with E-state index in [4.69, 9.17) is 0 Å². The van der Waals surface area contributed by atoms with Gasteiger partial charge in [0.05, 0.1) is 10.8 Å². The number of aromatic nitrogens is 6. The number of fused-ring (bicyclic) bond motifs is 1. The standard InChI is InChI=1S/C9H5BrN6S/c10-5-1-11-9(12-2-5)17-8-6-7(14-3-13-6)15-4-16-8/h1-4H,(H,13,14,15,16). The second kappa shape index (κ2) is 4.38. The maximum absolute atomic E-state index is 4.19. The van der Waals surface area contributed by atoms with Gasteiger partial charge in [-0.1, -0.05) is 0 Å². The van der Waals surface area contributed by atoms with Gasteiger partial charge in [0.1, 0.15) is 16.9 Å². The highest BCUT2D eigenvalue weighted by Crippen LogP contribution is 2.26. The van der Waals surface area contributed by atoms with Crippen LogP contribution in [0.4, 0.5) is 0 Å². The van der Waals surface area contributed by atoms with Crippen LogP contribution in [0.5, 0.6) is 0 Å². The molecule has 3 heterocycles. The van der Waals surface area contributed by atoms with Gasteiger partial charge >= 0.3 is 0 Å². The maximum atomic E-state index is 4.19. The maximum Gasteiger partial charge on any atom is 0.194 e. The molecule has 0 saturated heterocycles. The van der Waals surface area contributed by atoms with E-state index < -0.39 is 0 Å². The van der Waals surface area contributed by atoms with Gasteiger partial charge in [-0.2, -0.15) is 0 Å². The molecular weight excluding hydrogens is 304 g/mol. The molecule has 3 rings (SSSR count). The Morgan fingerprint density at radius 2 is 1.88 bits per heavy atom. The van der Waals surface area contributed by atoms with Gasteiger partial charge in [0, 0.05) is 12.4 Å². The number of aromatic amines is 1. The fourth-order valence-corrected chi connectivity index (χ4v) is 2.20. The number of hydrogen-bond donors (Lipinski definition) is 1. The summed E-state index contributed by atoms with van der Waals surface area (Å²) in [6, 6.07) is 0. The van der Waals surface area contributed by atoms with E-state index in [0.29, 0.717) is 10.8 Å². The first kappa shape index (κ1) is 10.6. The summed E-state index contributed by atoms with van der Waals surface area (Å²) in [6.07, 6.45) is 6.46. The molecule has 0 aliphatic heterocycles. The fourth-order valence-electron chi connectivity index (χ4n) is 1.26. The van der Waals surface area contributed by atoms with Crippen LogP contribution < -0.4 is 0 Å². The Hall–Kier alpha value is -1.54. The van der Waals surface area contributed by atoms with E-state index in [2.05, 4.69) is 45.8 Å². The van der Waals surface area contributed by atoms with Crippen LogP contribution in [0.25, 0.3) is 11.2 Å². The van der Waals surface area contributed by atoms with Crippen molar-refractivity contribution in [3.05, 3.63) is 29.5 Å². The summed E-state index contributed by atoms with van der Waals surface area (Å²) in [7, 11) is 0. The zero-order valence-corrected chi connectivity index (χ0v) is 10.7. The van der Waals surface area contributed by atoms with Crippen LogP contribution in [0, 0.1) is 0 Å². The summed E-state index contributed by atoms with van der Waals surface area (Å²) in [4.78, 5) is 23.6. The molecule has 0 unspecified atom stereocenters. The Morgan fingerprint density at radius 3 is 2.71 bits per heavy atom. The van der Waals surface area contributed by atoms with Crippen molar-refractivity contribution in [2.24, 2.45) is 0 Å². The molecule has 0 amide bonds. The number of H-pyrrole nitrogens is 1. The van der Waals surface area contributed by atoms with Crippen molar-refractivity contribution >= 4 is 38.9 Å². The van der Waals surface area contributed by atoms with Gasteiger partial charge in [-0.25, -0.2) is 24.9 Å². The van der Waals surface area contributed by atoms with Crippen LogP contribution in [0.1, 0.15) is 0 Å². The molecule has 17 heavy (non-hydrogen) atoms. The minimum absolute atomic E-state index is 0.628. The minimum atomic E-state index is 0.628. The average molecular weight is 309 g/mol. The first-order chi connectivity index (χ1) is 8.33. The zero-order valence-electron chi connectivity index (χ0n) is 8.33. The van der Waals surface area contributed by atoms with E-state index >= 15 is 0 Å². The van der Waals surface area contributed by atoms with Crippen molar-refractivity contribution in [3.8, 4) is 0 Å². The number of halogens is 1. The van der Waals surface area contributed by atoms with Gasteiger partial charge in [0.25, 0.3) is 0 Å². The summed E-state index contributed by atoms with van der Waals surface area (Å²) in [5.74, 6) is 0. The largest absolute Gasteiger partial charge is 0.341 e. The van der Waals surface area contributed by atoms with Gasteiger partial charge in [0.15, 0.2) is 10.8 Å². The first-order valence-electron chi connectivity index (χ1n) is 4.62. The Kier molecular flexibility index (Phi) is 2.73.